The number of piperidine rings is 1. The van der Waals surface area contributed by atoms with Gasteiger partial charge in [-0.25, -0.2) is 0 Å². The third-order valence-electron chi connectivity index (χ3n) is 7.11. The molecule has 0 radical (unpaired) electrons. The molecule has 4 rings (SSSR count). The molecule has 1 N–H and O–H groups in total. The Morgan fingerprint density at radius 1 is 1.02 bits per heavy atom. The van der Waals surface area contributed by atoms with Crippen molar-refractivity contribution >= 4 is 23.2 Å². The Hall–Kier alpha value is -2.74. The van der Waals surface area contributed by atoms with Gasteiger partial charge < -0.3 is 24.6 Å². The van der Waals surface area contributed by atoms with Gasteiger partial charge in [-0.05, 0) is 43.2 Å². The number of benzene rings is 2. The van der Waals surface area contributed by atoms with Crippen molar-refractivity contribution in [2.45, 2.75) is 41.0 Å². The lowest BCUT2D eigenvalue weighted by Crippen LogP contribution is -2.40. The van der Waals surface area contributed by atoms with Gasteiger partial charge in [0.1, 0.15) is 0 Å². The molecular weight excluding hydrogens is 584 g/mol. The molecule has 230 valence electrons. The zero-order valence-corrected chi connectivity index (χ0v) is 23.9. The normalized spacial score (nSPS) is 17.6. The number of rotatable bonds is 10. The van der Waals surface area contributed by atoms with Crippen LogP contribution in [0.4, 0.5) is 32.0 Å². The quantitative estimate of drug-likeness (QED) is 0.188. The van der Waals surface area contributed by atoms with Crippen LogP contribution in [0.2, 0.25) is 0 Å². The first-order valence-electron chi connectivity index (χ1n) is 13.6. The number of hydrogen-bond donors (Lipinski definition) is 1. The summed E-state index contributed by atoms with van der Waals surface area (Å²) in [5.41, 5.74) is -4.23. The van der Waals surface area contributed by atoms with E-state index in [0.29, 0.717) is 55.3 Å². The lowest BCUT2D eigenvalue weighted by atomic mass is 9.96. The van der Waals surface area contributed by atoms with E-state index < -0.39 is 39.7 Å². The minimum atomic E-state index is -5.42. The Balaban J connectivity index is 1.57. The van der Waals surface area contributed by atoms with Crippen LogP contribution in [0.25, 0.3) is 0 Å². The lowest BCUT2D eigenvalue weighted by molar-refractivity contribution is -0.163. The van der Waals surface area contributed by atoms with E-state index >= 15 is 0 Å². The van der Waals surface area contributed by atoms with Crippen molar-refractivity contribution in [3.05, 3.63) is 65.4 Å². The molecule has 0 amide bonds. The molecule has 6 nitrogen and oxygen atoms in total. The molecule has 0 spiro atoms. The number of carbonyl (C=O) groups is 1. The van der Waals surface area contributed by atoms with Gasteiger partial charge in [-0.15, -0.1) is 0 Å². The van der Waals surface area contributed by atoms with Gasteiger partial charge in [0.05, 0.1) is 30.9 Å². The smallest absolute Gasteiger partial charge is 0.383 e. The number of carbonyl (C=O) groups excluding carboxylic acids is 1. The molecule has 2 aromatic carbocycles. The second kappa shape index (κ2) is 14.2. The first-order chi connectivity index (χ1) is 20.0. The van der Waals surface area contributed by atoms with Crippen LogP contribution >= 0.6 is 11.8 Å². The summed E-state index contributed by atoms with van der Waals surface area (Å²) in [4.78, 5) is 16.4. The Kier molecular flexibility index (Phi) is 10.8. The lowest BCUT2D eigenvalue weighted by Gasteiger charge is -2.32. The fourth-order valence-corrected chi connectivity index (χ4v) is 6.01. The zero-order chi connectivity index (χ0) is 30.3. The number of anilines is 1. The summed E-state index contributed by atoms with van der Waals surface area (Å²) in [5.74, 6) is -1.16. The van der Waals surface area contributed by atoms with E-state index in [1.54, 1.807) is 36.3 Å². The maximum absolute atomic E-state index is 14.3. The summed E-state index contributed by atoms with van der Waals surface area (Å²) in [6.45, 7) is 4.82. The van der Waals surface area contributed by atoms with Gasteiger partial charge in [0.2, 0.25) is 0 Å². The fraction of sp³-hybridized carbons (Fsp3) is 0.483. The molecule has 0 aromatic heterocycles. The van der Waals surface area contributed by atoms with Crippen molar-refractivity contribution in [3.8, 4) is 0 Å². The number of nitrogens with one attached hydrogen (secondary N) is 1. The molecule has 0 unspecified atom stereocenters. The van der Waals surface area contributed by atoms with Crippen molar-refractivity contribution in [1.82, 2.24) is 9.80 Å². The average molecular weight is 618 g/mol. The van der Waals surface area contributed by atoms with Gasteiger partial charge in [0.25, 0.3) is 0 Å². The number of ether oxygens (including phenoxy) is 2. The molecule has 2 aliphatic heterocycles. The summed E-state index contributed by atoms with van der Waals surface area (Å²) in [6.07, 6.45) is -6.87. The van der Waals surface area contributed by atoms with E-state index in [0.717, 1.165) is 50.7 Å². The Morgan fingerprint density at radius 2 is 1.71 bits per heavy atom. The standard InChI is InChI=1S/C29H33F6N3O3S/c1-40-16-13-37-10-7-20(8-11-37)36-21-3-2-4-22(19-21)42-25-6-5-23(24(39)9-12-38-14-17-41-18-15-38)26(28(30,31)32)27(25)29(33,34)35/h2-6,9,12,19-20,36H,7-8,10-11,13-18H2,1H3. The van der Waals surface area contributed by atoms with Crippen molar-refractivity contribution in [1.29, 1.82) is 0 Å². The SMILES string of the molecule is COCCN1CCC(Nc2cccc(Sc3ccc(C(=O)C=CN4CCOCC4)c(C(F)(F)F)c3C(F)(F)F)c2)CC1. The van der Waals surface area contributed by atoms with Crippen LogP contribution in [0.5, 0.6) is 0 Å². The van der Waals surface area contributed by atoms with Crippen LogP contribution in [0, 0.1) is 0 Å². The molecule has 0 aliphatic carbocycles. The first kappa shape index (κ1) is 32.2. The Bertz CT molecular complexity index is 1240. The second-order valence-electron chi connectivity index (χ2n) is 10.1. The number of methoxy groups -OCH3 is 1. The van der Waals surface area contributed by atoms with Crippen molar-refractivity contribution in [2.24, 2.45) is 0 Å². The highest BCUT2D eigenvalue weighted by Gasteiger charge is 2.47. The average Bonchev–Trinajstić information content (AvgIpc) is 2.95. The summed E-state index contributed by atoms with van der Waals surface area (Å²) in [5, 5.41) is 3.39. The van der Waals surface area contributed by atoms with E-state index in [1.165, 1.54) is 6.20 Å². The molecule has 2 fully saturated rings. The highest BCUT2D eigenvalue weighted by atomic mass is 32.2. The van der Waals surface area contributed by atoms with Crippen LogP contribution in [-0.2, 0) is 21.8 Å². The van der Waals surface area contributed by atoms with Crippen LogP contribution in [0.15, 0.2) is 58.5 Å². The summed E-state index contributed by atoms with van der Waals surface area (Å²) >= 11 is 0.580. The van der Waals surface area contributed by atoms with Crippen LogP contribution < -0.4 is 5.32 Å². The van der Waals surface area contributed by atoms with Crippen LogP contribution in [0.1, 0.15) is 34.3 Å². The largest absolute Gasteiger partial charge is 0.418 e. The molecule has 2 aromatic rings. The molecule has 42 heavy (non-hydrogen) atoms. The fourth-order valence-electron chi connectivity index (χ4n) is 4.97. The molecule has 2 heterocycles. The third kappa shape index (κ3) is 8.65. The summed E-state index contributed by atoms with van der Waals surface area (Å²) in [6, 6.07) is 8.50. The van der Waals surface area contributed by atoms with Crippen molar-refractivity contribution in [2.75, 3.05) is 65.0 Å². The number of alkyl halides is 6. The van der Waals surface area contributed by atoms with E-state index in [9.17, 15) is 31.1 Å². The molecule has 2 aliphatic rings. The van der Waals surface area contributed by atoms with Crippen LogP contribution in [-0.4, -0.2) is 81.3 Å². The predicted molar refractivity (Wildman–Crippen MR) is 148 cm³/mol. The monoisotopic (exact) mass is 617 g/mol. The number of hydrogen-bond acceptors (Lipinski definition) is 7. The number of ketones is 1. The van der Waals surface area contributed by atoms with E-state index in [4.69, 9.17) is 9.47 Å². The molecule has 13 heteroatoms. The van der Waals surface area contributed by atoms with Gasteiger partial charge in [0.15, 0.2) is 5.78 Å². The zero-order valence-electron chi connectivity index (χ0n) is 23.1. The number of allylic oxidation sites excluding steroid dienone is 1. The Labute approximate surface area is 245 Å². The number of halogens is 6. The number of nitrogens with zero attached hydrogens (tertiary/aromatic N) is 2. The van der Waals surface area contributed by atoms with Crippen molar-refractivity contribution < 1.29 is 40.6 Å². The molecular formula is C29H33F6N3O3S. The van der Waals surface area contributed by atoms with E-state index in [1.807, 2.05) is 0 Å². The minimum absolute atomic E-state index is 0.155. The topological polar surface area (TPSA) is 54.0 Å². The minimum Gasteiger partial charge on any atom is -0.383 e. The number of likely N-dealkylation sites (tertiary alicyclic amines) is 1. The third-order valence-corrected chi connectivity index (χ3v) is 8.16. The Morgan fingerprint density at radius 3 is 2.36 bits per heavy atom. The maximum Gasteiger partial charge on any atom is 0.418 e. The van der Waals surface area contributed by atoms with Gasteiger partial charge in [0, 0.05) is 79.2 Å². The predicted octanol–water partition coefficient (Wildman–Crippen LogP) is 6.43. The summed E-state index contributed by atoms with van der Waals surface area (Å²) < 4.78 is 95.7. The van der Waals surface area contributed by atoms with Gasteiger partial charge in [-0.3, -0.25) is 4.79 Å². The van der Waals surface area contributed by atoms with Gasteiger partial charge >= 0.3 is 12.4 Å². The maximum atomic E-state index is 14.3. The second-order valence-corrected chi connectivity index (χ2v) is 11.2. The van der Waals surface area contributed by atoms with Gasteiger partial charge in [-0.2, -0.15) is 26.3 Å². The molecule has 0 atom stereocenters. The summed E-state index contributed by atoms with van der Waals surface area (Å²) in [7, 11) is 1.65. The number of morpholine rings is 1. The first-order valence-corrected chi connectivity index (χ1v) is 14.4. The van der Waals surface area contributed by atoms with Gasteiger partial charge in [-0.1, -0.05) is 17.8 Å². The highest BCUT2D eigenvalue weighted by Crippen LogP contribution is 2.48. The molecule has 0 bridgehead atoms. The van der Waals surface area contributed by atoms with Crippen molar-refractivity contribution in [3.63, 3.8) is 0 Å². The molecule has 0 saturated carbocycles. The highest BCUT2D eigenvalue weighted by molar-refractivity contribution is 7.99. The molecule has 2 saturated heterocycles. The van der Waals surface area contributed by atoms with E-state index in [2.05, 4.69) is 10.2 Å². The van der Waals surface area contributed by atoms with E-state index in [-0.39, 0.29) is 6.04 Å². The van der Waals surface area contributed by atoms with Crippen LogP contribution in [0.3, 0.4) is 0 Å².